The molecule has 3 heteroatoms. The molecule has 1 aromatic heterocycles. The lowest BCUT2D eigenvalue weighted by molar-refractivity contribution is -0.694. The van der Waals surface area contributed by atoms with Crippen LogP contribution in [0.4, 0.5) is 5.69 Å². The molecule has 0 fully saturated rings. The van der Waals surface area contributed by atoms with Crippen molar-refractivity contribution in [3.63, 3.8) is 0 Å². The van der Waals surface area contributed by atoms with E-state index in [9.17, 15) is 0 Å². The molecule has 0 spiro atoms. The Morgan fingerprint density at radius 3 is 1.05 bits per heavy atom. The van der Waals surface area contributed by atoms with Crippen molar-refractivity contribution in [1.29, 1.82) is 0 Å². The largest absolute Gasteiger partial charge is 0.372 e. The van der Waals surface area contributed by atoms with E-state index in [-0.39, 0.29) is 0 Å². The van der Waals surface area contributed by atoms with E-state index in [0.717, 1.165) is 11.0 Å². The first kappa shape index (κ1) is 52.5. The summed E-state index contributed by atoms with van der Waals surface area (Å²) >= 11 is 3.76. The van der Waals surface area contributed by atoms with Crippen LogP contribution in [0, 0.1) is 0 Å². The van der Waals surface area contributed by atoms with Crippen molar-refractivity contribution in [2.24, 2.45) is 0 Å². The number of hydrogen-bond acceptors (Lipinski definition) is 1. The summed E-state index contributed by atoms with van der Waals surface area (Å²) in [6, 6.07) is 11.6. The van der Waals surface area contributed by atoms with Crippen molar-refractivity contribution in [2.75, 3.05) is 18.0 Å². The quantitative estimate of drug-likeness (QED) is 0.0476. The molecule has 0 bridgehead atoms. The number of rotatable bonds is 42. The first-order chi connectivity index (χ1) is 28.7. The van der Waals surface area contributed by atoms with Crippen LogP contribution in [0.3, 0.4) is 0 Å². The highest BCUT2D eigenvalue weighted by atomic mass is 79.9. The third-order valence-corrected chi connectivity index (χ3v) is 13.3. The third-order valence-electron chi connectivity index (χ3n) is 12.6. The summed E-state index contributed by atoms with van der Waals surface area (Å²) in [6.07, 6.45) is 60.5. The Kier molecular flexibility index (Phi) is 35.8. The van der Waals surface area contributed by atoms with Gasteiger partial charge in [0.1, 0.15) is 6.54 Å². The van der Waals surface area contributed by atoms with Gasteiger partial charge in [0.25, 0.3) is 0 Å². The van der Waals surface area contributed by atoms with Crippen LogP contribution in [0.1, 0.15) is 263 Å². The zero-order valence-electron chi connectivity index (χ0n) is 39.0. The van der Waals surface area contributed by atoms with Gasteiger partial charge in [-0.3, -0.25) is 0 Å². The van der Waals surface area contributed by atoms with Gasteiger partial charge >= 0.3 is 0 Å². The number of pyridine rings is 1. The second-order valence-corrected chi connectivity index (χ2v) is 18.9. The Morgan fingerprint density at radius 1 is 0.414 bits per heavy atom. The molecule has 58 heavy (non-hydrogen) atoms. The van der Waals surface area contributed by atoms with Crippen molar-refractivity contribution < 1.29 is 4.57 Å². The molecule has 0 aliphatic rings. The van der Waals surface area contributed by atoms with Gasteiger partial charge in [-0.2, -0.15) is 0 Å². The third kappa shape index (κ3) is 29.6. The van der Waals surface area contributed by atoms with Crippen LogP contribution in [0.25, 0.3) is 12.2 Å². The highest BCUT2D eigenvalue weighted by Crippen LogP contribution is 2.22. The lowest BCUT2D eigenvalue weighted by Gasteiger charge is -2.25. The van der Waals surface area contributed by atoms with Crippen molar-refractivity contribution in [3.05, 3.63) is 58.3 Å². The van der Waals surface area contributed by atoms with Crippen molar-refractivity contribution >= 4 is 33.8 Å². The van der Waals surface area contributed by atoms with E-state index < -0.39 is 0 Å². The van der Waals surface area contributed by atoms with Crippen molar-refractivity contribution in [1.82, 2.24) is 0 Å². The Balaban J connectivity index is 1.62. The molecular weight excluding hydrogens is 769 g/mol. The number of hydrogen-bond donors (Lipinski definition) is 0. The van der Waals surface area contributed by atoms with Gasteiger partial charge in [-0.15, -0.1) is 0 Å². The minimum absolute atomic E-state index is 0.986. The van der Waals surface area contributed by atoms with E-state index in [4.69, 9.17) is 0 Å². The number of halogens is 1. The predicted molar refractivity (Wildman–Crippen MR) is 265 cm³/mol. The first-order valence-corrected chi connectivity index (χ1v) is 26.7. The molecule has 332 valence electrons. The molecule has 0 aliphatic carbocycles. The molecule has 0 aliphatic heterocycles. The van der Waals surface area contributed by atoms with Crippen LogP contribution in [0.2, 0.25) is 0 Å². The Hall–Kier alpha value is -1.61. The van der Waals surface area contributed by atoms with Crippen LogP contribution < -0.4 is 9.47 Å². The summed E-state index contributed by atoms with van der Waals surface area (Å²) in [5, 5.41) is 0. The van der Waals surface area contributed by atoms with Crippen LogP contribution in [-0.2, 0) is 6.54 Å². The maximum absolute atomic E-state index is 3.76. The first-order valence-electron chi connectivity index (χ1n) is 25.9. The fourth-order valence-corrected chi connectivity index (χ4v) is 9.14. The van der Waals surface area contributed by atoms with E-state index in [1.807, 2.05) is 0 Å². The molecule has 2 rings (SSSR count). The molecule has 0 atom stereocenters. The molecule has 0 unspecified atom stereocenters. The molecule has 0 N–H and O–H groups in total. The Morgan fingerprint density at radius 2 is 0.741 bits per heavy atom. The number of unbranched alkanes of at least 4 members (excludes halogenated alkanes) is 34. The molecule has 0 radical (unpaired) electrons. The molecule has 2 aromatic rings. The fourth-order valence-electron chi connectivity index (χ4n) is 8.61. The van der Waals surface area contributed by atoms with Crippen LogP contribution in [-0.4, -0.2) is 13.1 Å². The molecular formula is C55H96BrN2+. The van der Waals surface area contributed by atoms with Crippen LogP contribution >= 0.6 is 15.9 Å². The average molecular weight is 865 g/mol. The van der Waals surface area contributed by atoms with Gasteiger partial charge in [0.05, 0.1) is 4.47 Å². The zero-order valence-corrected chi connectivity index (χ0v) is 40.6. The second-order valence-electron chi connectivity index (χ2n) is 18.0. The number of aryl methyl sites for hydroxylation is 1. The smallest absolute Gasteiger partial charge is 0.183 e. The topological polar surface area (TPSA) is 7.12 Å². The van der Waals surface area contributed by atoms with E-state index in [2.05, 4.69) is 101 Å². The number of anilines is 1. The van der Waals surface area contributed by atoms with Gasteiger partial charge in [0, 0.05) is 30.4 Å². The molecule has 1 aromatic carbocycles. The highest BCUT2D eigenvalue weighted by molar-refractivity contribution is 9.10. The minimum atomic E-state index is 0.986. The molecule has 1 heterocycles. The molecule has 2 nitrogen and oxygen atoms in total. The van der Waals surface area contributed by atoms with Crippen molar-refractivity contribution in [2.45, 2.75) is 258 Å². The van der Waals surface area contributed by atoms with Gasteiger partial charge in [0.15, 0.2) is 12.4 Å². The van der Waals surface area contributed by atoms with E-state index >= 15 is 0 Å². The summed E-state index contributed by atoms with van der Waals surface area (Å²) < 4.78 is 3.34. The van der Waals surface area contributed by atoms with Gasteiger partial charge in [-0.05, 0) is 53.4 Å². The van der Waals surface area contributed by atoms with E-state index in [1.165, 1.54) is 261 Å². The maximum Gasteiger partial charge on any atom is 0.183 e. The van der Waals surface area contributed by atoms with Gasteiger partial charge in [0.2, 0.25) is 0 Å². The Bertz CT molecular complexity index is 1150. The van der Waals surface area contributed by atoms with Crippen LogP contribution in [0.5, 0.6) is 0 Å². The van der Waals surface area contributed by atoms with Gasteiger partial charge in [-0.25, -0.2) is 4.57 Å². The molecule has 0 amide bonds. The normalized spacial score (nSPS) is 11.7. The van der Waals surface area contributed by atoms with E-state index in [1.54, 1.807) is 0 Å². The SMILES string of the molecule is CCCCCCCCCCCCCCCCCCCCN(CCCCCCCCCCCCCCCCCCCC)c1ccc(C=Cc2cc[n+](CC)cc2Br)cc1. The average Bonchev–Trinajstić information content (AvgIpc) is 3.24. The maximum atomic E-state index is 3.76. The van der Waals surface area contributed by atoms with E-state index in [0.29, 0.717) is 0 Å². The minimum Gasteiger partial charge on any atom is -0.372 e. The highest BCUT2D eigenvalue weighted by Gasteiger charge is 2.08. The summed E-state index contributed by atoms with van der Waals surface area (Å²) in [5.41, 5.74) is 3.89. The second kappa shape index (κ2) is 39.5. The summed E-state index contributed by atoms with van der Waals surface area (Å²) in [5.74, 6) is 0. The molecule has 0 saturated heterocycles. The number of aromatic nitrogens is 1. The number of benzene rings is 1. The monoisotopic (exact) mass is 864 g/mol. The predicted octanol–water partition coefficient (Wildman–Crippen LogP) is 18.8. The number of nitrogens with zero attached hydrogens (tertiary/aromatic N) is 2. The Labute approximate surface area is 371 Å². The summed E-state index contributed by atoms with van der Waals surface area (Å²) in [6.45, 7) is 10.2. The summed E-state index contributed by atoms with van der Waals surface area (Å²) in [7, 11) is 0. The molecule has 0 saturated carbocycles. The van der Waals surface area contributed by atoms with Crippen molar-refractivity contribution in [3.8, 4) is 0 Å². The fraction of sp³-hybridized carbons (Fsp3) is 0.764. The lowest BCUT2D eigenvalue weighted by atomic mass is 10.0. The summed E-state index contributed by atoms with van der Waals surface area (Å²) in [4.78, 5) is 2.70. The van der Waals surface area contributed by atoms with Crippen LogP contribution in [0.15, 0.2) is 47.2 Å². The lowest BCUT2D eigenvalue weighted by Crippen LogP contribution is -2.31. The van der Waals surface area contributed by atoms with Gasteiger partial charge in [-0.1, -0.05) is 256 Å². The van der Waals surface area contributed by atoms with Gasteiger partial charge < -0.3 is 4.90 Å². The zero-order chi connectivity index (χ0) is 41.4. The standard InChI is InChI=1S/C55H96BrN2/c1-4-7-9-11-13-15-17-19-21-23-25-27-29-31-33-35-37-39-48-58(54-45-42-52(43-46-54)41-44-53-47-50-57(6-3)51-55(53)56)49-40-38-36-34-32-30-28-26-24-22-20-18-16-14-12-10-8-5-2/h41-47,50-51H,4-40,48-49H2,1-3H3/q+1.